The first-order valence-electron chi connectivity index (χ1n) is 4.70. The normalized spacial score (nSPS) is 9.73. The van der Waals surface area contributed by atoms with Gasteiger partial charge in [0.15, 0.2) is 0 Å². The first kappa shape index (κ1) is 11.9. The van der Waals surface area contributed by atoms with E-state index in [1.807, 2.05) is 6.07 Å². The Bertz CT molecular complexity index is 325. The van der Waals surface area contributed by atoms with Gasteiger partial charge in [-0.3, -0.25) is 0 Å². The molecule has 0 unspecified atom stereocenters. The van der Waals surface area contributed by atoms with Crippen LogP contribution in [0.15, 0.2) is 24.3 Å². The van der Waals surface area contributed by atoms with Gasteiger partial charge in [0.25, 0.3) is 0 Å². The van der Waals surface area contributed by atoms with E-state index in [1.54, 1.807) is 18.2 Å². The zero-order valence-electron chi connectivity index (χ0n) is 8.60. The quantitative estimate of drug-likeness (QED) is 0.475. The van der Waals surface area contributed by atoms with Crippen molar-refractivity contribution in [3.63, 3.8) is 0 Å². The molecular weight excluding hydrogens is 212 g/mol. The first-order chi connectivity index (χ1) is 7.27. The summed E-state index contributed by atoms with van der Waals surface area (Å²) >= 11 is 4.08. The number of carbonyl (C=O) groups excluding carboxylic acids is 1. The summed E-state index contributed by atoms with van der Waals surface area (Å²) in [6.07, 6.45) is 0.881. The molecule has 0 amide bonds. The maximum absolute atomic E-state index is 11.2. The summed E-state index contributed by atoms with van der Waals surface area (Å²) < 4.78 is 10.0. The van der Waals surface area contributed by atoms with Crippen molar-refractivity contribution in [2.45, 2.75) is 6.42 Å². The number of ether oxygens (including phenoxy) is 2. The zero-order chi connectivity index (χ0) is 11.1. The standard InChI is InChI=1S/C11H14O3S/c1-13-11(12)9-4-2-5-10(8-9)14-6-3-7-15/h2,4-5,8,15H,3,6-7H2,1H3. The average Bonchev–Trinajstić information content (AvgIpc) is 2.29. The number of methoxy groups -OCH3 is 1. The average molecular weight is 226 g/mol. The lowest BCUT2D eigenvalue weighted by molar-refractivity contribution is 0.0600. The zero-order valence-corrected chi connectivity index (χ0v) is 9.50. The molecule has 0 saturated carbocycles. The lowest BCUT2D eigenvalue weighted by atomic mass is 10.2. The van der Waals surface area contributed by atoms with Crippen molar-refractivity contribution in [2.75, 3.05) is 19.5 Å². The fourth-order valence-corrected chi connectivity index (χ4v) is 1.21. The highest BCUT2D eigenvalue weighted by molar-refractivity contribution is 7.80. The topological polar surface area (TPSA) is 35.5 Å². The van der Waals surface area contributed by atoms with E-state index in [9.17, 15) is 4.79 Å². The van der Waals surface area contributed by atoms with Crippen LogP contribution in [0.3, 0.4) is 0 Å². The van der Waals surface area contributed by atoms with Crippen molar-refractivity contribution in [3.05, 3.63) is 29.8 Å². The van der Waals surface area contributed by atoms with Gasteiger partial charge >= 0.3 is 5.97 Å². The summed E-state index contributed by atoms with van der Waals surface area (Å²) in [5.41, 5.74) is 0.501. The van der Waals surface area contributed by atoms with Crippen molar-refractivity contribution in [3.8, 4) is 5.75 Å². The number of esters is 1. The van der Waals surface area contributed by atoms with E-state index >= 15 is 0 Å². The van der Waals surface area contributed by atoms with Crippen LogP contribution < -0.4 is 4.74 Å². The molecular formula is C11H14O3S. The number of hydrogen-bond acceptors (Lipinski definition) is 4. The van der Waals surface area contributed by atoms with Crippen LogP contribution in [-0.4, -0.2) is 25.4 Å². The number of benzene rings is 1. The van der Waals surface area contributed by atoms with Crippen molar-refractivity contribution in [1.82, 2.24) is 0 Å². The molecule has 1 aromatic rings. The second kappa shape index (κ2) is 6.35. The maximum atomic E-state index is 11.2. The minimum Gasteiger partial charge on any atom is -0.494 e. The molecule has 0 N–H and O–H groups in total. The van der Waals surface area contributed by atoms with Gasteiger partial charge in [-0.2, -0.15) is 12.6 Å². The summed E-state index contributed by atoms with van der Waals surface area (Å²) in [5.74, 6) is 1.12. The molecule has 0 bridgehead atoms. The fraction of sp³-hybridized carbons (Fsp3) is 0.364. The van der Waals surface area contributed by atoms with Gasteiger partial charge in [-0.05, 0) is 30.4 Å². The van der Waals surface area contributed by atoms with Crippen LogP contribution in [0.1, 0.15) is 16.8 Å². The Morgan fingerprint density at radius 1 is 1.47 bits per heavy atom. The van der Waals surface area contributed by atoms with E-state index < -0.39 is 0 Å². The van der Waals surface area contributed by atoms with E-state index in [1.165, 1.54) is 7.11 Å². The predicted octanol–water partition coefficient (Wildman–Crippen LogP) is 2.17. The Kier molecular flexibility index (Phi) is 5.04. The van der Waals surface area contributed by atoms with Crippen molar-refractivity contribution >= 4 is 18.6 Å². The summed E-state index contributed by atoms with van der Waals surface area (Å²) in [6, 6.07) is 6.94. The van der Waals surface area contributed by atoms with Crippen LogP contribution in [0.25, 0.3) is 0 Å². The Morgan fingerprint density at radius 2 is 2.27 bits per heavy atom. The van der Waals surface area contributed by atoms with Crippen LogP contribution >= 0.6 is 12.6 Å². The summed E-state index contributed by atoms with van der Waals surface area (Å²) in [7, 11) is 1.36. The molecule has 0 aliphatic carbocycles. The SMILES string of the molecule is COC(=O)c1cccc(OCCCS)c1. The Balaban J connectivity index is 2.62. The molecule has 0 spiro atoms. The highest BCUT2D eigenvalue weighted by Crippen LogP contribution is 2.14. The number of carbonyl (C=O) groups is 1. The van der Waals surface area contributed by atoms with E-state index in [-0.39, 0.29) is 5.97 Å². The van der Waals surface area contributed by atoms with E-state index in [0.717, 1.165) is 12.2 Å². The molecule has 1 rings (SSSR count). The van der Waals surface area contributed by atoms with Crippen LogP contribution in [0.2, 0.25) is 0 Å². The van der Waals surface area contributed by atoms with Gasteiger partial charge < -0.3 is 9.47 Å². The van der Waals surface area contributed by atoms with Crippen molar-refractivity contribution in [2.24, 2.45) is 0 Å². The second-order valence-corrected chi connectivity index (χ2v) is 3.39. The van der Waals surface area contributed by atoms with Gasteiger partial charge in [0.1, 0.15) is 5.75 Å². The molecule has 0 aromatic heterocycles. The minimum atomic E-state index is -0.352. The lowest BCUT2D eigenvalue weighted by Crippen LogP contribution is -2.02. The van der Waals surface area contributed by atoms with Crippen LogP contribution in [0, 0.1) is 0 Å². The van der Waals surface area contributed by atoms with Gasteiger partial charge in [-0.1, -0.05) is 6.07 Å². The van der Waals surface area contributed by atoms with Gasteiger partial charge in [0.05, 0.1) is 19.3 Å². The number of hydrogen-bond donors (Lipinski definition) is 1. The van der Waals surface area contributed by atoms with E-state index in [2.05, 4.69) is 17.4 Å². The summed E-state index contributed by atoms with van der Waals surface area (Å²) in [6.45, 7) is 0.605. The molecule has 82 valence electrons. The number of rotatable bonds is 5. The lowest BCUT2D eigenvalue weighted by Gasteiger charge is -2.06. The van der Waals surface area contributed by atoms with Crippen molar-refractivity contribution in [1.29, 1.82) is 0 Å². The minimum absolute atomic E-state index is 0.352. The Morgan fingerprint density at radius 3 is 2.93 bits per heavy atom. The third-order valence-electron chi connectivity index (χ3n) is 1.83. The van der Waals surface area contributed by atoms with Gasteiger partial charge in [0, 0.05) is 0 Å². The van der Waals surface area contributed by atoms with Gasteiger partial charge in [0.2, 0.25) is 0 Å². The molecule has 0 aliphatic heterocycles. The Hall–Kier alpha value is -1.16. The second-order valence-electron chi connectivity index (χ2n) is 2.95. The third kappa shape index (κ3) is 3.83. The molecule has 0 saturated heterocycles. The molecule has 15 heavy (non-hydrogen) atoms. The molecule has 0 atom stereocenters. The molecule has 0 radical (unpaired) electrons. The molecule has 4 heteroatoms. The largest absolute Gasteiger partial charge is 0.494 e. The summed E-state index contributed by atoms with van der Waals surface area (Å²) in [5, 5.41) is 0. The van der Waals surface area contributed by atoms with Gasteiger partial charge in [-0.15, -0.1) is 0 Å². The van der Waals surface area contributed by atoms with Crippen LogP contribution in [-0.2, 0) is 4.74 Å². The molecule has 3 nitrogen and oxygen atoms in total. The van der Waals surface area contributed by atoms with E-state index in [4.69, 9.17) is 4.74 Å². The van der Waals surface area contributed by atoms with Crippen LogP contribution in [0.5, 0.6) is 5.75 Å². The summed E-state index contributed by atoms with van der Waals surface area (Å²) in [4.78, 5) is 11.2. The van der Waals surface area contributed by atoms with Gasteiger partial charge in [-0.25, -0.2) is 4.79 Å². The molecule has 1 aromatic carbocycles. The smallest absolute Gasteiger partial charge is 0.337 e. The van der Waals surface area contributed by atoms with Crippen LogP contribution in [0.4, 0.5) is 0 Å². The third-order valence-corrected chi connectivity index (χ3v) is 2.14. The monoisotopic (exact) mass is 226 g/mol. The molecule has 0 fully saturated rings. The Labute approximate surface area is 94.8 Å². The molecule has 0 heterocycles. The first-order valence-corrected chi connectivity index (χ1v) is 5.33. The number of thiol groups is 1. The van der Waals surface area contributed by atoms with Crippen molar-refractivity contribution < 1.29 is 14.3 Å². The molecule has 0 aliphatic rings. The van der Waals surface area contributed by atoms with E-state index in [0.29, 0.717) is 17.9 Å². The highest BCUT2D eigenvalue weighted by Gasteiger charge is 2.05. The fourth-order valence-electron chi connectivity index (χ4n) is 1.09. The maximum Gasteiger partial charge on any atom is 0.337 e. The predicted molar refractivity (Wildman–Crippen MR) is 61.7 cm³/mol. The highest BCUT2D eigenvalue weighted by atomic mass is 32.1.